The van der Waals surface area contributed by atoms with Crippen LogP contribution in [0.3, 0.4) is 0 Å². The van der Waals surface area contributed by atoms with Crippen LogP contribution >= 0.6 is 0 Å². The first-order valence-corrected chi connectivity index (χ1v) is 6.07. The van der Waals surface area contributed by atoms with Crippen LogP contribution in [0.5, 0.6) is 5.75 Å². The number of amides is 1. The Labute approximate surface area is 111 Å². The van der Waals surface area contributed by atoms with Gasteiger partial charge in [0.25, 0.3) is 0 Å². The predicted molar refractivity (Wildman–Crippen MR) is 68.3 cm³/mol. The fourth-order valence-electron chi connectivity index (χ4n) is 2.21. The van der Waals surface area contributed by atoms with Gasteiger partial charge in [-0.2, -0.15) is 5.26 Å². The molecule has 1 fully saturated rings. The van der Waals surface area contributed by atoms with Crippen molar-refractivity contribution in [2.24, 2.45) is 5.41 Å². The van der Waals surface area contributed by atoms with Crippen molar-refractivity contribution < 1.29 is 13.9 Å². The maximum Gasteiger partial charge on any atom is 0.247 e. The first-order chi connectivity index (χ1) is 9.04. The highest BCUT2D eigenvalue weighted by molar-refractivity contribution is 5.99. The van der Waals surface area contributed by atoms with E-state index in [4.69, 9.17) is 10.00 Å². The van der Waals surface area contributed by atoms with Gasteiger partial charge in [0.15, 0.2) is 11.6 Å². The normalized spacial score (nSPS) is 16.1. The van der Waals surface area contributed by atoms with Crippen molar-refractivity contribution in [1.29, 1.82) is 5.26 Å². The lowest BCUT2D eigenvalue weighted by atomic mass is 9.69. The van der Waals surface area contributed by atoms with Crippen LogP contribution in [-0.4, -0.2) is 20.1 Å². The number of halogens is 1. The van der Waals surface area contributed by atoms with Crippen molar-refractivity contribution in [2.75, 3.05) is 19.1 Å². The summed E-state index contributed by atoms with van der Waals surface area (Å²) in [5.41, 5.74) is -0.504. The number of methoxy groups -OCH3 is 1. The molecular formula is C14H15FN2O2. The van der Waals surface area contributed by atoms with Crippen LogP contribution in [0.4, 0.5) is 10.1 Å². The van der Waals surface area contributed by atoms with E-state index in [2.05, 4.69) is 6.07 Å². The number of ether oxygens (including phenoxy) is 1. The lowest BCUT2D eigenvalue weighted by Crippen LogP contribution is -2.45. The van der Waals surface area contributed by atoms with E-state index in [0.717, 1.165) is 6.42 Å². The van der Waals surface area contributed by atoms with Gasteiger partial charge < -0.3 is 9.64 Å². The number of nitrogens with zero attached hydrogens (tertiary/aromatic N) is 2. The third-order valence-corrected chi connectivity index (χ3v) is 3.66. The van der Waals surface area contributed by atoms with E-state index in [-0.39, 0.29) is 11.7 Å². The molecule has 0 aromatic heterocycles. The average molecular weight is 262 g/mol. The van der Waals surface area contributed by atoms with Crippen molar-refractivity contribution in [3.8, 4) is 11.8 Å². The second kappa shape index (κ2) is 4.88. The van der Waals surface area contributed by atoms with E-state index in [1.807, 2.05) is 0 Å². The van der Waals surface area contributed by atoms with Crippen LogP contribution in [0.1, 0.15) is 19.3 Å². The Hall–Kier alpha value is -2.09. The second-order valence-electron chi connectivity index (χ2n) is 4.73. The second-order valence-corrected chi connectivity index (χ2v) is 4.73. The lowest BCUT2D eigenvalue weighted by molar-refractivity contribution is -0.128. The zero-order valence-electron chi connectivity index (χ0n) is 10.9. The molecule has 0 N–H and O–H groups in total. The van der Waals surface area contributed by atoms with Crippen LogP contribution in [-0.2, 0) is 4.79 Å². The quantitative estimate of drug-likeness (QED) is 0.841. The minimum atomic E-state index is -0.925. The largest absolute Gasteiger partial charge is 0.494 e. The van der Waals surface area contributed by atoms with Gasteiger partial charge in [0.1, 0.15) is 5.41 Å². The molecule has 4 nitrogen and oxygen atoms in total. The molecular weight excluding hydrogens is 247 g/mol. The Morgan fingerprint density at radius 2 is 2.21 bits per heavy atom. The minimum absolute atomic E-state index is 0.128. The Balaban J connectivity index is 2.25. The molecule has 0 bridgehead atoms. The number of rotatable bonds is 3. The summed E-state index contributed by atoms with van der Waals surface area (Å²) in [5, 5.41) is 9.15. The highest BCUT2D eigenvalue weighted by atomic mass is 19.1. The van der Waals surface area contributed by atoms with E-state index in [1.54, 1.807) is 13.1 Å². The Bertz CT molecular complexity index is 547. The molecule has 0 heterocycles. The molecule has 5 heteroatoms. The van der Waals surface area contributed by atoms with E-state index >= 15 is 0 Å². The van der Waals surface area contributed by atoms with Gasteiger partial charge in [-0.05, 0) is 31.4 Å². The third-order valence-electron chi connectivity index (χ3n) is 3.66. The SMILES string of the molecule is COc1ccc(N(C)C(=O)C2(C#N)CCC2)cc1F. The summed E-state index contributed by atoms with van der Waals surface area (Å²) in [6.45, 7) is 0. The Kier molecular flexibility index (Phi) is 3.43. The van der Waals surface area contributed by atoms with E-state index in [1.165, 1.54) is 24.1 Å². The number of anilines is 1. The number of carbonyl (C=O) groups is 1. The van der Waals surface area contributed by atoms with Crippen LogP contribution in [0.2, 0.25) is 0 Å². The fourth-order valence-corrected chi connectivity index (χ4v) is 2.21. The molecule has 0 radical (unpaired) electrons. The van der Waals surface area contributed by atoms with E-state index < -0.39 is 11.2 Å². The van der Waals surface area contributed by atoms with Crippen molar-refractivity contribution >= 4 is 11.6 Å². The summed E-state index contributed by atoms with van der Waals surface area (Å²) < 4.78 is 18.5. The lowest BCUT2D eigenvalue weighted by Gasteiger charge is -2.36. The van der Waals surface area contributed by atoms with E-state index in [9.17, 15) is 9.18 Å². The number of hydrogen-bond donors (Lipinski definition) is 0. The maximum atomic E-state index is 13.6. The van der Waals surface area contributed by atoms with E-state index in [0.29, 0.717) is 18.5 Å². The van der Waals surface area contributed by atoms with Gasteiger partial charge in [0, 0.05) is 18.8 Å². The van der Waals surface area contributed by atoms with Crippen LogP contribution in [0.15, 0.2) is 18.2 Å². The Morgan fingerprint density at radius 3 is 2.63 bits per heavy atom. The summed E-state index contributed by atoms with van der Waals surface area (Å²) in [6, 6.07) is 6.40. The monoisotopic (exact) mass is 262 g/mol. The molecule has 0 spiro atoms. The molecule has 1 aliphatic rings. The zero-order valence-corrected chi connectivity index (χ0v) is 10.9. The average Bonchev–Trinajstić information content (AvgIpc) is 2.37. The molecule has 1 aliphatic carbocycles. The standard InChI is InChI=1S/C14H15FN2O2/c1-17(13(18)14(9-16)6-3-7-14)10-4-5-12(19-2)11(15)8-10/h4-5,8H,3,6-7H2,1-2H3. The van der Waals surface area contributed by atoms with Gasteiger partial charge in [-0.1, -0.05) is 0 Å². The van der Waals surface area contributed by atoms with Crippen molar-refractivity contribution in [2.45, 2.75) is 19.3 Å². The van der Waals surface area contributed by atoms with Gasteiger partial charge >= 0.3 is 0 Å². The third kappa shape index (κ3) is 2.14. The predicted octanol–water partition coefficient (Wildman–Crippen LogP) is 2.49. The van der Waals surface area contributed by atoms with Gasteiger partial charge in [-0.3, -0.25) is 4.79 Å². The zero-order chi connectivity index (χ0) is 14.0. The number of benzene rings is 1. The number of hydrogen-bond acceptors (Lipinski definition) is 3. The summed E-state index contributed by atoms with van der Waals surface area (Å²) in [6.07, 6.45) is 2.03. The number of nitriles is 1. The molecule has 0 unspecified atom stereocenters. The Morgan fingerprint density at radius 1 is 1.53 bits per heavy atom. The maximum absolute atomic E-state index is 13.6. The molecule has 1 aromatic carbocycles. The minimum Gasteiger partial charge on any atom is -0.494 e. The van der Waals surface area contributed by atoms with Gasteiger partial charge in [-0.25, -0.2) is 4.39 Å². The summed E-state index contributed by atoms with van der Waals surface area (Å²) >= 11 is 0. The fraction of sp³-hybridized carbons (Fsp3) is 0.429. The summed E-state index contributed by atoms with van der Waals surface area (Å²) in [4.78, 5) is 13.6. The van der Waals surface area contributed by atoms with Crippen molar-refractivity contribution in [3.63, 3.8) is 0 Å². The van der Waals surface area contributed by atoms with Crippen LogP contribution < -0.4 is 9.64 Å². The topological polar surface area (TPSA) is 53.3 Å². The number of carbonyl (C=O) groups excluding carboxylic acids is 1. The van der Waals surface area contributed by atoms with Crippen LogP contribution in [0.25, 0.3) is 0 Å². The van der Waals surface area contributed by atoms with Gasteiger partial charge in [-0.15, -0.1) is 0 Å². The molecule has 1 saturated carbocycles. The summed E-state index contributed by atoms with van der Waals surface area (Å²) in [7, 11) is 2.94. The van der Waals surface area contributed by atoms with Gasteiger partial charge in [0.2, 0.25) is 5.91 Å². The molecule has 0 atom stereocenters. The highest BCUT2D eigenvalue weighted by Gasteiger charge is 2.46. The summed E-state index contributed by atoms with van der Waals surface area (Å²) in [5.74, 6) is -0.673. The first kappa shape index (κ1) is 13.3. The molecule has 1 aromatic rings. The molecule has 100 valence electrons. The molecule has 0 saturated heterocycles. The van der Waals surface area contributed by atoms with Gasteiger partial charge in [0.05, 0.1) is 13.2 Å². The molecule has 2 rings (SSSR count). The first-order valence-electron chi connectivity index (χ1n) is 6.07. The highest BCUT2D eigenvalue weighted by Crippen LogP contribution is 2.42. The molecule has 1 amide bonds. The van der Waals surface area contributed by atoms with Crippen molar-refractivity contribution in [3.05, 3.63) is 24.0 Å². The van der Waals surface area contributed by atoms with Crippen molar-refractivity contribution in [1.82, 2.24) is 0 Å². The molecule has 19 heavy (non-hydrogen) atoms. The smallest absolute Gasteiger partial charge is 0.247 e. The molecule has 0 aliphatic heterocycles. The van der Waals surface area contributed by atoms with Crippen LogP contribution in [0, 0.1) is 22.6 Å².